The third-order valence-electron chi connectivity index (χ3n) is 5.64. The Morgan fingerprint density at radius 1 is 0.966 bits per heavy atom. The van der Waals surface area contributed by atoms with Crippen molar-refractivity contribution in [2.75, 3.05) is 19.6 Å². The van der Waals surface area contributed by atoms with E-state index in [0.717, 1.165) is 17.5 Å². The van der Waals surface area contributed by atoms with E-state index < -0.39 is 12.1 Å². The van der Waals surface area contributed by atoms with Gasteiger partial charge in [0.05, 0.1) is 12.6 Å². The summed E-state index contributed by atoms with van der Waals surface area (Å²) in [5.74, 6) is -0.676. The number of amides is 2. The Bertz CT molecular complexity index is 910. The first-order valence-corrected chi connectivity index (χ1v) is 9.98. The highest BCUT2D eigenvalue weighted by molar-refractivity contribution is 6.04. The van der Waals surface area contributed by atoms with Crippen molar-refractivity contribution < 1.29 is 19.5 Å². The van der Waals surface area contributed by atoms with Gasteiger partial charge in [0.25, 0.3) is 5.91 Å². The average molecular weight is 392 g/mol. The number of likely N-dealkylation sites (tertiary alicyclic amines) is 2. The highest BCUT2D eigenvalue weighted by Gasteiger charge is 2.41. The molecule has 2 aromatic rings. The molecule has 2 fully saturated rings. The molecule has 4 rings (SSSR count). The van der Waals surface area contributed by atoms with E-state index in [1.807, 2.05) is 42.5 Å². The SMILES string of the molecule is O=C1CC(C(=O)N2CCCC(O)C2)N(C(=O)c2ccc(-c3ccccc3)cc2)C1. The zero-order chi connectivity index (χ0) is 20.4. The number of β-amino-alcohol motifs (C(OH)–C–C–N with tert-alkyl or cyclic N) is 1. The molecule has 0 aliphatic carbocycles. The number of aliphatic hydroxyl groups excluding tert-OH is 1. The van der Waals surface area contributed by atoms with Gasteiger partial charge in [0, 0.05) is 25.1 Å². The van der Waals surface area contributed by atoms with Crippen molar-refractivity contribution in [1.29, 1.82) is 0 Å². The summed E-state index contributed by atoms with van der Waals surface area (Å²) in [4.78, 5) is 41.0. The molecule has 2 atom stereocenters. The fourth-order valence-electron chi connectivity index (χ4n) is 4.09. The first-order chi connectivity index (χ1) is 14.0. The Labute approximate surface area is 169 Å². The average Bonchev–Trinajstić information content (AvgIpc) is 3.15. The first kappa shape index (κ1) is 19.3. The van der Waals surface area contributed by atoms with Gasteiger partial charge < -0.3 is 14.9 Å². The van der Waals surface area contributed by atoms with E-state index in [1.54, 1.807) is 17.0 Å². The predicted molar refractivity (Wildman–Crippen MR) is 108 cm³/mol. The summed E-state index contributed by atoms with van der Waals surface area (Å²) in [5.41, 5.74) is 2.50. The van der Waals surface area contributed by atoms with E-state index in [9.17, 15) is 19.5 Å². The Morgan fingerprint density at radius 3 is 2.34 bits per heavy atom. The minimum absolute atomic E-state index is 0.0409. The molecule has 6 heteroatoms. The number of hydrogen-bond donors (Lipinski definition) is 1. The second kappa shape index (κ2) is 8.17. The molecule has 2 aliphatic rings. The number of piperidine rings is 1. The van der Waals surface area contributed by atoms with Gasteiger partial charge in [-0.2, -0.15) is 0 Å². The first-order valence-electron chi connectivity index (χ1n) is 9.98. The number of aliphatic hydroxyl groups is 1. The molecule has 6 nitrogen and oxygen atoms in total. The zero-order valence-corrected chi connectivity index (χ0v) is 16.2. The molecule has 2 unspecified atom stereocenters. The number of ketones is 1. The molecule has 0 aromatic heterocycles. The number of carbonyl (C=O) groups is 3. The van der Waals surface area contributed by atoms with E-state index in [4.69, 9.17) is 0 Å². The van der Waals surface area contributed by atoms with Crippen LogP contribution in [0.4, 0.5) is 0 Å². The molecule has 2 amide bonds. The lowest BCUT2D eigenvalue weighted by molar-refractivity contribution is -0.138. The molecule has 2 saturated heterocycles. The van der Waals surface area contributed by atoms with Crippen molar-refractivity contribution >= 4 is 17.6 Å². The summed E-state index contributed by atoms with van der Waals surface area (Å²) >= 11 is 0. The third-order valence-corrected chi connectivity index (χ3v) is 5.64. The van der Waals surface area contributed by atoms with Crippen LogP contribution in [0.5, 0.6) is 0 Å². The summed E-state index contributed by atoms with van der Waals surface area (Å²) < 4.78 is 0. The second-order valence-electron chi connectivity index (χ2n) is 7.72. The molecular formula is C23H24N2O4. The van der Waals surface area contributed by atoms with Crippen LogP contribution in [-0.4, -0.2) is 64.3 Å². The van der Waals surface area contributed by atoms with Crippen LogP contribution < -0.4 is 0 Å². The van der Waals surface area contributed by atoms with E-state index in [-0.39, 0.29) is 37.1 Å². The van der Waals surface area contributed by atoms with Crippen LogP contribution >= 0.6 is 0 Å². The zero-order valence-electron chi connectivity index (χ0n) is 16.2. The van der Waals surface area contributed by atoms with Crippen molar-refractivity contribution in [1.82, 2.24) is 9.80 Å². The molecule has 2 aliphatic heterocycles. The van der Waals surface area contributed by atoms with Gasteiger partial charge in [-0.25, -0.2) is 0 Å². The molecule has 0 radical (unpaired) electrons. The van der Waals surface area contributed by atoms with Crippen molar-refractivity contribution in [2.24, 2.45) is 0 Å². The summed E-state index contributed by atoms with van der Waals surface area (Å²) in [6.07, 6.45) is 0.894. The van der Waals surface area contributed by atoms with Crippen molar-refractivity contribution in [2.45, 2.75) is 31.4 Å². The maximum atomic E-state index is 13.1. The van der Waals surface area contributed by atoms with Crippen molar-refractivity contribution in [3.8, 4) is 11.1 Å². The molecule has 2 aromatic carbocycles. The van der Waals surface area contributed by atoms with Gasteiger partial charge in [-0.05, 0) is 36.1 Å². The third kappa shape index (κ3) is 4.07. The van der Waals surface area contributed by atoms with Gasteiger partial charge in [0.2, 0.25) is 5.91 Å². The van der Waals surface area contributed by atoms with Gasteiger partial charge in [0.15, 0.2) is 5.78 Å². The van der Waals surface area contributed by atoms with Crippen LogP contribution in [0.25, 0.3) is 11.1 Å². The number of carbonyl (C=O) groups excluding carboxylic acids is 3. The van der Waals surface area contributed by atoms with Crippen molar-refractivity contribution in [3.63, 3.8) is 0 Å². The molecule has 1 N–H and O–H groups in total. The maximum absolute atomic E-state index is 13.1. The van der Waals surface area contributed by atoms with Gasteiger partial charge in [-0.15, -0.1) is 0 Å². The molecule has 0 spiro atoms. The highest BCUT2D eigenvalue weighted by Crippen LogP contribution is 2.24. The summed E-state index contributed by atoms with van der Waals surface area (Å²) in [6, 6.07) is 16.3. The minimum atomic E-state index is -0.783. The topological polar surface area (TPSA) is 77.9 Å². The van der Waals surface area contributed by atoms with Crippen molar-refractivity contribution in [3.05, 3.63) is 60.2 Å². The van der Waals surface area contributed by atoms with Crippen LogP contribution in [-0.2, 0) is 9.59 Å². The number of Topliss-reactive ketones (excluding diaryl/α,β-unsaturated/α-hetero) is 1. The predicted octanol–water partition coefficient (Wildman–Crippen LogP) is 2.12. The number of rotatable bonds is 3. The lowest BCUT2D eigenvalue weighted by atomic mass is 10.0. The van der Waals surface area contributed by atoms with Gasteiger partial charge in [0.1, 0.15) is 6.04 Å². The molecule has 2 heterocycles. The van der Waals surface area contributed by atoms with Crippen LogP contribution in [0.3, 0.4) is 0 Å². The monoisotopic (exact) mass is 392 g/mol. The standard InChI is InChI=1S/C23H24N2O4/c26-19-7-4-12-24(14-19)23(29)21-13-20(27)15-25(21)22(28)18-10-8-17(9-11-18)16-5-2-1-3-6-16/h1-3,5-6,8-11,19,21,26H,4,7,12-15H2. The van der Waals surface area contributed by atoms with Crippen LogP contribution in [0.15, 0.2) is 54.6 Å². The fraction of sp³-hybridized carbons (Fsp3) is 0.348. The van der Waals surface area contributed by atoms with E-state index in [1.165, 1.54) is 4.90 Å². The van der Waals surface area contributed by atoms with Gasteiger partial charge in [-0.1, -0.05) is 42.5 Å². The maximum Gasteiger partial charge on any atom is 0.254 e. The van der Waals surface area contributed by atoms with E-state index >= 15 is 0 Å². The molecule has 150 valence electrons. The lowest BCUT2D eigenvalue weighted by Gasteiger charge is -2.34. The lowest BCUT2D eigenvalue weighted by Crippen LogP contribution is -2.51. The van der Waals surface area contributed by atoms with E-state index in [2.05, 4.69) is 0 Å². The molecule has 29 heavy (non-hydrogen) atoms. The van der Waals surface area contributed by atoms with Crippen LogP contribution in [0.2, 0.25) is 0 Å². The van der Waals surface area contributed by atoms with Crippen LogP contribution in [0, 0.1) is 0 Å². The number of benzene rings is 2. The normalized spacial score (nSPS) is 22.0. The Kier molecular flexibility index (Phi) is 5.45. The highest BCUT2D eigenvalue weighted by atomic mass is 16.3. The molecule has 0 bridgehead atoms. The van der Waals surface area contributed by atoms with Gasteiger partial charge in [-0.3, -0.25) is 14.4 Å². The number of nitrogens with zero attached hydrogens (tertiary/aromatic N) is 2. The number of hydrogen-bond acceptors (Lipinski definition) is 4. The van der Waals surface area contributed by atoms with Gasteiger partial charge >= 0.3 is 0 Å². The molecule has 0 saturated carbocycles. The fourth-order valence-corrected chi connectivity index (χ4v) is 4.09. The Hall–Kier alpha value is -2.99. The Balaban J connectivity index is 1.52. The quantitative estimate of drug-likeness (QED) is 0.868. The smallest absolute Gasteiger partial charge is 0.254 e. The summed E-state index contributed by atoms with van der Waals surface area (Å²) in [6.45, 7) is 0.762. The molecular weight excluding hydrogens is 368 g/mol. The minimum Gasteiger partial charge on any atom is -0.391 e. The van der Waals surface area contributed by atoms with E-state index in [0.29, 0.717) is 18.5 Å². The Morgan fingerprint density at radius 2 is 1.66 bits per heavy atom. The second-order valence-corrected chi connectivity index (χ2v) is 7.72. The summed E-state index contributed by atoms with van der Waals surface area (Å²) in [5, 5.41) is 9.85. The van der Waals surface area contributed by atoms with Crippen LogP contribution in [0.1, 0.15) is 29.6 Å². The largest absolute Gasteiger partial charge is 0.391 e. The summed E-state index contributed by atoms with van der Waals surface area (Å²) in [7, 11) is 0.